The molecule has 76 valence electrons. The Morgan fingerprint density at radius 1 is 1.23 bits per heavy atom. The summed E-state index contributed by atoms with van der Waals surface area (Å²) in [6.45, 7) is 0. The molecule has 0 bridgehead atoms. The first-order chi connectivity index (χ1) is 5.93. The summed E-state index contributed by atoms with van der Waals surface area (Å²) in [5, 5.41) is -0.466. The van der Waals surface area contributed by atoms with E-state index in [4.69, 9.17) is 34.1 Å². The quantitative estimate of drug-likeness (QED) is 0.558. The second-order valence-electron chi connectivity index (χ2n) is 3.26. The van der Waals surface area contributed by atoms with Gasteiger partial charge in [0.1, 0.15) is 0 Å². The van der Waals surface area contributed by atoms with Crippen LogP contribution in [0.2, 0.25) is 0 Å². The van der Waals surface area contributed by atoms with Crippen molar-refractivity contribution in [1.29, 1.82) is 0 Å². The van der Waals surface area contributed by atoms with Crippen molar-refractivity contribution in [3.05, 3.63) is 0 Å². The normalized spacial score (nSPS) is 30.1. The van der Waals surface area contributed by atoms with Crippen LogP contribution >= 0.6 is 39.9 Å². The van der Waals surface area contributed by atoms with Crippen molar-refractivity contribution in [2.45, 2.75) is 31.3 Å². The Kier molecular flexibility index (Phi) is 4.12. The molecule has 0 spiro atoms. The molecule has 0 aromatic rings. The predicted molar refractivity (Wildman–Crippen MR) is 55.9 cm³/mol. The van der Waals surface area contributed by atoms with Gasteiger partial charge in [-0.2, -0.15) is 0 Å². The van der Waals surface area contributed by atoms with Gasteiger partial charge in [-0.15, -0.1) is 0 Å². The lowest BCUT2D eigenvalue weighted by Crippen LogP contribution is -2.27. The van der Waals surface area contributed by atoms with E-state index in [1.54, 1.807) is 0 Å². The second kappa shape index (κ2) is 4.53. The van der Waals surface area contributed by atoms with Gasteiger partial charge >= 0.3 is 0 Å². The second-order valence-corrected chi connectivity index (χ2v) is 8.84. The van der Waals surface area contributed by atoms with Crippen molar-refractivity contribution in [1.82, 2.24) is 0 Å². The summed E-state index contributed by atoms with van der Waals surface area (Å²) < 4.78 is 11.4. The van der Waals surface area contributed by atoms with E-state index in [9.17, 15) is 9.36 Å². The summed E-state index contributed by atoms with van der Waals surface area (Å²) in [4.78, 5) is 11.0. The first kappa shape index (κ1) is 11.8. The van der Waals surface area contributed by atoms with Gasteiger partial charge < -0.3 is 0 Å². The van der Waals surface area contributed by atoms with Gasteiger partial charge in [-0.05, 0) is 46.9 Å². The van der Waals surface area contributed by atoms with Gasteiger partial charge in [0.25, 0.3) is 5.85 Å². The molecule has 1 rings (SSSR count). The van der Waals surface area contributed by atoms with Crippen LogP contribution in [0, 0.1) is 5.92 Å². The molecule has 2 nitrogen and oxygen atoms in total. The Labute approximate surface area is 91.9 Å². The van der Waals surface area contributed by atoms with Crippen LogP contribution in [0.5, 0.6) is 0 Å². The maximum atomic E-state index is 11.4. The van der Waals surface area contributed by atoms with Crippen molar-refractivity contribution < 1.29 is 9.36 Å². The van der Waals surface area contributed by atoms with E-state index in [1.165, 1.54) is 0 Å². The lowest BCUT2D eigenvalue weighted by molar-refractivity contribution is -0.115. The third kappa shape index (κ3) is 3.13. The van der Waals surface area contributed by atoms with Crippen LogP contribution in [0.3, 0.4) is 0 Å². The molecular weight excluding hydrogens is 253 g/mol. The molecule has 0 N–H and O–H groups in total. The van der Waals surface area contributed by atoms with Crippen molar-refractivity contribution in [3.63, 3.8) is 0 Å². The maximum absolute atomic E-state index is 11.4. The largest absolute Gasteiger partial charge is 0.289 e. The zero-order chi connectivity index (χ0) is 10.1. The van der Waals surface area contributed by atoms with E-state index >= 15 is 0 Å². The fourth-order valence-corrected chi connectivity index (χ4v) is 4.67. The average Bonchev–Trinajstić information content (AvgIpc) is 2.03. The van der Waals surface area contributed by atoms with E-state index in [0.717, 1.165) is 12.8 Å². The van der Waals surface area contributed by atoms with Crippen LogP contribution in [0.25, 0.3) is 0 Å². The third-order valence-corrected chi connectivity index (χ3v) is 5.58. The van der Waals surface area contributed by atoms with Gasteiger partial charge in [-0.3, -0.25) is 9.36 Å². The van der Waals surface area contributed by atoms with Gasteiger partial charge in [0.2, 0.25) is 5.24 Å². The lowest BCUT2D eigenvalue weighted by atomic mass is 9.90. The van der Waals surface area contributed by atoms with Crippen LogP contribution in [0.1, 0.15) is 25.7 Å². The molecule has 13 heavy (non-hydrogen) atoms. The fraction of sp³-hybridized carbons (Fsp3) is 0.857. The summed E-state index contributed by atoms with van der Waals surface area (Å²) in [7, 11) is 0. The number of hydrogen-bond acceptors (Lipinski definition) is 2. The van der Waals surface area contributed by atoms with Crippen LogP contribution in [0.4, 0.5) is 0 Å². The minimum absolute atomic E-state index is 0.420. The Balaban J connectivity index is 2.79. The van der Waals surface area contributed by atoms with Crippen LogP contribution in [-0.4, -0.2) is 10.9 Å². The zero-order valence-electron chi connectivity index (χ0n) is 6.88. The molecular formula is C7H10Cl3O2P. The van der Waals surface area contributed by atoms with Crippen molar-refractivity contribution in [3.8, 4) is 0 Å². The number of carbonyl (C=O) groups is 1. The highest BCUT2D eigenvalue weighted by molar-refractivity contribution is 8.09. The Morgan fingerprint density at radius 3 is 2.15 bits per heavy atom. The predicted octanol–water partition coefficient (Wildman–Crippen LogP) is 3.98. The van der Waals surface area contributed by atoms with Crippen LogP contribution in [-0.2, 0) is 9.36 Å². The SMILES string of the molecule is O=C(Cl)C1CCCCC1P(=O)(Cl)Cl. The lowest BCUT2D eigenvalue weighted by Gasteiger charge is -2.28. The van der Waals surface area contributed by atoms with Gasteiger partial charge in [0, 0.05) is 5.92 Å². The van der Waals surface area contributed by atoms with E-state index in [2.05, 4.69) is 0 Å². The first-order valence-electron chi connectivity index (χ1n) is 4.11. The monoisotopic (exact) mass is 262 g/mol. The summed E-state index contributed by atoms with van der Waals surface area (Å²) in [5.41, 5.74) is -0.436. The van der Waals surface area contributed by atoms with Crippen molar-refractivity contribution in [2.75, 3.05) is 0 Å². The Hall–Kier alpha value is 0.770. The molecule has 0 aromatic carbocycles. The first-order valence-corrected chi connectivity index (χ1v) is 8.07. The fourth-order valence-electron chi connectivity index (χ4n) is 1.74. The van der Waals surface area contributed by atoms with E-state index in [1.807, 2.05) is 0 Å². The van der Waals surface area contributed by atoms with Crippen molar-refractivity contribution in [2.24, 2.45) is 5.92 Å². The molecule has 1 aliphatic rings. The standard InChI is InChI=1S/C7H10Cl3O2P/c8-7(11)5-3-1-2-4-6(5)13(9,10)12/h5-6H,1-4H2. The Bertz CT molecular complexity index is 250. The molecule has 1 aliphatic carbocycles. The summed E-state index contributed by atoms with van der Waals surface area (Å²) in [6.07, 6.45) is 3.12. The molecule has 1 saturated carbocycles. The molecule has 0 radical (unpaired) electrons. The molecule has 0 aromatic heterocycles. The van der Waals surface area contributed by atoms with Crippen LogP contribution < -0.4 is 0 Å². The smallest absolute Gasteiger partial charge is 0.256 e. The number of carbonyl (C=O) groups excluding carboxylic acids is 1. The molecule has 0 amide bonds. The Morgan fingerprint density at radius 2 is 1.77 bits per heavy atom. The summed E-state index contributed by atoms with van der Waals surface area (Å²) in [5.74, 6) is -3.63. The molecule has 0 aliphatic heterocycles. The highest BCUT2D eigenvalue weighted by atomic mass is 35.9. The van der Waals surface area contributed by atoms with E-state index < -0.39 is 22.7 Å². The number of rotatable bonds is 2. The maximum Gasteiger partial charge on any atom is 0.256 e. The van der Waals surface area contributed by atoms with E-state index in [-0.39, 0.29) is 0 Å². The van der Waals surface area contributed by atoms with Crippen LogP contribution in [0.15, 0.2) is 0 Å². The molecule has 6 heteroatoms. The average molecular weight is 263 g/mol. The highest BCUT2D eigenvalue weighted by Gasteiger charge is 2.40. The minimum Gasteiger partial charge on any atom is -0.289 e. The third-order valence-electron chi connectivity index (χ3n) is 2.41. The topological polar surface area (TPSA) is 34.1 Å². The van der Waals surface area contributed by atoms with Gasteiger partial charge in [-0.25, -0.2) is 0 Å². The molecule has 0 saturated heterocycles. The summed E-state index contributed by atoms with van der Waals surface area (Å²) in [6, 6.07) is 0. The number of hydrogen-bond donors (Lipinski definition) is 0. The highest BCUT2D eigenvalue weighted by Crippen LogP contribution is 2.65. The number of halogens is 3. The minimum atomic E-state index is -3.21. The zero-order valence-corrected chi connectivity index (χ0v) is 10.0. The molecule has 1 fully saturated rings. The molecule has 2 unspecified atom stereocenters. The van der Waals surface area contributed by atoms with Gasteiger partial charge in [0.05, 0.1) is 5.66 Å². The van der Waals surface area contributed by atoms with E-state index in [0.29, 0.717) is 12.8 Å². The molecule has 2 atom stereocenters. The van der Waals surface area contributed by atoms with Gasteiger partial charge in [-0.1, -0.05) is 12.8 Å². The van der Waals surface area contributed by atoms with Gasteiger partial charge in [0.15, 0.2) is 0 Å². The summed E-state index contributed by atoms with van der Waals surface area (Å²) >= 11 is 16.5. The molecule has 0 heterocycles. The van der Waals surface area contributed by atoms with Crippen molar-refractivity contribution >= 4 is 45.2 Å².